The molecule has 1 heterocycles. The molecule has 0 saturated carbocycles. The van der Waals surface area contributed by atoms with Crippen molar-refractivity contribution in [2.24, 2.45) is 11.3 Å². The number of likely N-dealkylation sites (tertiary alicyclic amines) is 1. The molecule has 0 aromatic rings. The number of aliphatic carboxylic acids is 1. The van der Waals surface area contributed by atoms with Crippen molar-refractivity contribution in [1.29, 1.82) is 0 Å². The van der Waals surface area contributed by atoms with Gasteiger partial charge in [-0.2, -0.15) is 0 Å². The molecule has 0 aromatic heterocycles. The number of hydrogen-bond donors (Lipinski definition) is 1. The van der Waals surface area contributed by atoms with Crippen molar-refractivity contribution >= 4 is 5.97 Å². The molecule has 1 saturated heterocycles. The summed E-state index contributed by atoms with van der Waals surface area (Å²) in [5.74, 6) is -0.142. The number of carbonyl (C=O) groups is 1. The smallest absolute Gasteiger partial charge is 0.309 e. The van der Waals surface area contributed by atoms with Crippen LogP contribution in [-0.4, -0.2) is 49.3 Å². The van der Waals surface area contributed by atoms with Crippen LogP contribution in [0.2, 0.25) is 0 Å². The number of methoxy groups -OCH3 is 1. The summed E-state index contributed by atoms with van der Waals surface area (Å²) in [6, 6.07) is 0. The number of carboxylic acids is 1. The lowest BCUT2D eigenvalue weighted by molar-refractivity contribution is -0.150. The normalized spacial score (nSPS) is 22.9. The van der Waals surface area contributed by atoms with Crippen LogP contribution in [0.1, 0.15) is 26.7 Å². The number of nitrogens with zero attached hydrogens (tertiary/aromatic N) is 1. The Morgan fingerprint density at radius 3 is 2.50 bits per heavy atom. The van der Waals surface area contributed by atoms with Crippen molar-refractivity contribution in [2.75, 3.05) is 33.4 Å². The van der Waals surface area contributed by atoms with E-state index in [1.54, 1.807) is 7.11 Å². The van der Waals surface area contributed by atoms with Crippen LogP contribution in [0, 0.1) is 11.3 Å². The standard InChI is InChI=1S/C12H23NO3/c1-10(9-16-3)8-13-6-4-12(2,5-7-13)11(14)15/h10H,4-9H2,1-3H3,(H,14,15). The Balaban J connectivity index is 2.34. The summed E-state index contributed by atoms with van der Waals surface area (Å²) in [6.45, 7) is 7.56. The zero-order valence-electron chi connectivity index (χ0n) is 10.5. The minimum absolute atomic E-state index is 0.513. The molecule has 4 nitrogen and oxygen atoms in total. The van der Waals surface area contributed by atoms with Gasteiger partial charge in [-0.25, -0.2) is 0 Å². The van der Waals surface area contributed by atoms with E-state index in [0.29, 0.717) is 5.92 Å². The Kier molecular flexibility index (Phi) is 4.74. The zero-order chi connectivity index (χ0) is 12.2. The number of piperidine rings is 1. The van der Waals surface area contributed by atoms with Crippen LogP contribution in [0.15, 0.2) is 0 Å². The molecule has 1 fully saturated rings. The zero-order valence-corrected chi connectivity index (χ0v) is 10.5. The summed E-state index contributed by atoms with van der Waals surface area (Å²) in [4.78, 5) is 13.4. The highest BCUT2D eigenvalue weighted by Gasteiger charge is 2.36. The third-order valence-electron chi connectivity index (χ3n) is 3.50. The molecule has 1 aliphatic rings. The molecule has 0 radical (unpaired) electrons. The Bertz CT molecular complexity index is 234. The second-order valence-corrected chi connectivity index (χ2v) is 5.23. The lowest BCUT2D eigenvalue weighted by Gasteiger charge is -2.37. The van der Waals surface area contributed by atoms with Gasteiger partial charge >= 0.3 is 5.97 Å². The molecule has 1 unspecified atom stereocenters. The molecule has 0 aromatic carbocycles. The van der Waals surface area contributed by atoms with Gasteiger partial charge in [0.25, 0.3) is 0 Å². The fourth-order valence-corrected chi connectivity index (χ4v) is 2.22. The number of carboxylic acid groups (broad SMARTS) is 1. The third kappa shape index (κ3) is 3.46. The summed E-state index contributed by atoms with van der Waals surface area (Å²) in [5.41, 5.74) is -0.513. The van der Waals surface area contributed by atoms with Crippen molar-refractivity contribution in [3.63, 3.8) is 0 Å². The minimum Gasteiger partial charge on any atom is -0.481 e. The molecule has 94 valence electrons. The van der Waals surface area contributed by atoms with Gasteiger partial charge in [0.15, 0.2) is 0 Å². The van der Waals surface area contributed by atoms with Crippen LogP contribution < -0.4 is 0 Å². The second kappa shape index (κ2) is 5.64. The predicted octanol–water partition coefficient (Wildman–Crippen LogP) is 1.46. The van der Waals surface area contributed by atoms with Gasteiger partial charge in [-0.3, -0.25) is 4.79 Å². The molecule has 4 heteroatoms. The van der Waals surface area contributed by atoms with Gasteiger partial charge in [0.1, 0.15) is 0 Å². The van der Waals surface area contributed by atoms with Crippen LogP contribution in [0.25, 0.3) is 0 Å². The van der Waals surface area contributed by atoms with Gasteiger partial charge in [0.2, 0.25) is 0 Å². The van der Waals surface area contributed by atoms with E-state index in [-0.39, 0.29) is 0 Å². The first-order valence-electron chi connectivity index (χ1n) is 5.92. The van der Waals surface area contributed by atoms with Crippen LogP contribution >= 0.6 is 0 Å². The molecule has 1 rings (SSSR count). The molecular weight excluding hydrogens is 206 g/mol. The fourth-order valence-electron chi connectivity index (χ4n) is 2.22. The first-order valence-corrected chi connectivity index (χ1v) is 5.92. The van der Waals surface area contributed by atoms with Crippen LogP contribution in [0.3, 0.4) is 0 Å². The lowest BCUT2D eigenvalue weighted by atomic mass is 9.80. The molecule has 1 N–H and O–H groups in total. The van der Waals surface area contributed by atoms with Crippen molar-refractivity contribution in [1.82, 2.24) is 4.90 Å². The molecule has 16 heavy (non-hydrogen) atoms. The quantitative estimate of drug-likeness (QED) is 0.775. The highest BCUT2D eigenvalue weighted by molar-refractivity contribution is 5.74. The van der Waals surface area contributed by atoms with Gasteiger partial charge in [-0.15, -0.1) is 0 Å². The summed E-state index contributed by atoms with van der Waals surface area (Å²) in [6.07, 6.45) is 1.50. The maximum Gasteiger partial charge on any atom is 0.309 e. The summed E-state index contributed by atoms with van der Waals surface area (Å²) < 4.78 is 5.10. The van der Waals surface area contributed by atoms with E-state index in [0.717, 1.165) is 39.1 Å². The van der Waals surface area contributed by atoms with Gasteiger partial charge in [0.05, 0.1) is 5.41 Å². The van der Waals surface area contributed by atoms with E-state index < -0.39 is 11.4 Å². The van der Waals surface area contributed by atoms with E-state index in [1.165, 1.54) is 0 Å². The summed E-state index contributed by atoms with van der Waals surface area (Å²) >= 11 is 0. The minimum atomic E-state index is -0.655. The van der Waals surface area contributed by atoms with E-state index >= 15 is 0 Å². The third-order valence-corrected chi connectivity index (χ3v) is 3.50. The SMILES string of the molecule is COCC(C)CN1CCC(C)(C(=O)O)CC1. The number of ether oxygens (including phenoxy) is 1. The van der Waals surface area contributed by atoms with Gasteiger partial charge in [0, 0.05) is 20.3 Å². The number of rotatable bonds is 5. The Hall–Kier alpha value is -0.610. The van der Waals surface area contributed by atoms with E-state index in [2.05, 4.69) is 11.8 Å². The van der Waals surface area contributed by atoms with Gasteiger partial charge in [-0.05, 0) is 38.8 Å². The van der Waals surface area contributed by atoms with Crippen LogP contribution in [-0.2, 0) is 9.53 Å². The molecule has 0 spiro atoms. The summed E-state index contributed by atoms with van der Waals surface area (Å²) in [7, 11) is 1.72. The molecule has 1 atom stereocenters. The Morgan fingerprint density at radius 2 is 2.06 bits per heavy atom. The topological polar surface area (TPSA) is 49.8 Å². The molecule has 0 aliphatic carbocycles. The Morgan fingerprint density at radius 1 is 1.50 bits per heavy atom. The summed E-state index contributed by atoms with van der Waals surface area (Å²) in [5, 5.41) is 9.11. The maximum atomic E-state index is 11.1. The Labute approximate surface area is 97.6 Å². The highest BCUT2D eigenvalue weighted by Crippen LogP contribution is 2.31. The van der Waals surface area contributed by atoms with E-state index in [1.807, 2.05) is 6.92 Å². The first-order chi connectivity index (χ1) is 7.48. The first kappa shape index (κ1) is 13.5. The molecule has 0 amide bonds. The molecule has 1 aliphatic heterocycles. The van der Waals surface area contributed by atoms with Crippen molar-refractivity contribution in [3.8, 4) is 0 Å². The fraction of sp³-hybridized carbons (Fsp3) is 0.917. The average molecular weight is 229 g/mol. The highest BCUT2D eigenvalue weighted by atomic mass is 16.5. The van der Waals surface area contributed by atoms with Crippen molar-refractivity contribution < 1.29 is 14.6 Å². The van der Waals surface area contributed by atoms with Crippen LogP contribution in [0.4, 0.5) is 0 Å². The van der Waals surface area contributed by atoms with Crippen molar-refractivity contribution in [2.45, 2.75) is 26.7 Å². The molecular formula is C12H23NO3. The predicted molar refractivity (Wildman–Crippen MR) is 62.5 cm³/mol. The number of hydrogen-bond acceptors (Lipinski definition) is 3. The van der Waals surface area contributed by atoms with E-state index in [4.69, 9.17) is 9.84 Å². The molecule has 0 bridgehead atoms. The van der Waals surface area contributed by atoms with E-state index in [9.17, 15) is 4.79 Å². The second-order valence-electron chi connectivity index (χ2n) is 5.23. The lowest BCUT2D eigenvalue weighted by Crippen LogP contribution is -2.44. The van der Waals surface area contributed by atoms with Gasteiger partial charge in [-0.1, -0.05) is 6.92 Å². The van der Waals surface area contributed by atoms with Crippen molar-refractivity contribution in [3.05, 3.63) is 0 Å². The van der Waals surface area contributed by atoms with Crippen LogP contribution in [0.5, 0.6) is 0 Å². The maximum absolute atomic E-state index is 11.1. The average Bonchev–Trinajstić information content (AvgIpc) is 2.22. The largest absolute Gasteiger partial charge is 0.481 e. The monoisotopic (exact) mass is 229 g/mol. The van der Waals surface area contributed by atoms with Gasteiger partial charge < -0.3 is 14.7 Å².